The summed E-state index contributed by atoms with van der Waals surface area (Å²) in [5.41, 5.74) is 5.45. The molecule has 0 aromatic rings. The first-order chi connectivity index (χ1) is 5.13. The summed E-state index contributed by atoms with van der Waals surface area (Å²) in [4.78, 5) is 11.5. The lowest BCUT2D eigenvalue weighted by molar-refractivity contribution is 0.161. The van der Waals surface area contributed by atoms with Crippen molar-refractivity contribution < 1.29 is 9.90 Å². The van der Waals surface area contributed by atoms with Crippen LogP contribution in [0, 0.1) is 0 Å². The van der Waals surface area contributed by atoms with Crippen LogP contribution in [0.1, 0.15) is 0 Å². The Labute approximate surface area is 72.1 Å². The first-order valence-corrected chi connectivity index (χ1v) is 3.74. The first kappa shape index (κ1) is 8.13. The van der Waals surface area contributed by atoms with E-state index in [-0.39, 0.29) is 5.82 Å². The van der Waals surface area contributed by atoms with Crippen LogP contribution in [0.5, 0.6) is 0 Å². The average molecular weight is 219 g/mol. The summed E-state index contributed by atoms with van der Waals surface area (Å²) in [7, 11) is 0. The lowest BCUT2D eigenvalue weighted by atomic mass is 10.3. The van der Waals surface area contributed by atoms with E-state index in [1.807, 2.05) is 0 Å². The van der Waals surface area contributed by atoms with Crippen molar-refractivity contribution in [3.8, 4) is 0 Å². The van der Waals surface area contributed by atoms with E-state index in [1.54, 1.807) is 12.2 Å². The first-order valence-electron chi connectivity index (χ1n) is 2.95. The summed E-state index contributed by atoms with van der Waals surface area (Å²) in [5, 5.41) is 8.58. The second-order valence-electron chi connectivity index (χ2n) is 2.03. The van der Waals surface area contributed by atoms with Gasteiger partial charge in [-0.3, -0.25) is 4.90 Å². The molecular formula is C6H7BrN2O2. The molecule has 1 amide bonds. The Morgan fingerprint density at radius 1 is 1.82 bits per heavy atom. The molecule has 60 valence electrons. The van der Waals surface area contributed by atoms with Gasteiger partial charge in [0.25, 0.3) is 0 Å². The van der Waals surface area contributed by atoms with Crippen molar-refractivity contribution in [1.82, 2.24) is 4.90 Å². The average Bonchev–Trinajstić information content (AvgIpc) is 1.94. The van der Waals surface area contributed by atoms with Crippen molar-refractivity contribution >= 4 is 22.0 Å². The van der Waals surface area contributed by atoms with Crippen LogP contribution in [0.25, 0.3) is 0 Å². The van der Waals surface area contributed by atoms with Gasteiger partial charge in [0.2, 0.25) is 0 Å². The van der Waals surface area contributed by atoms with Gasteiger partial charge in [-0.25, -0.2) is 4.79 Å². The number of halogens is 1. The van der Waals surface area contributed by atoms with Gasteiger partial charge in [-0.15, -0.1) is 0 Å². The van der Waals surface area contributed by atoms with Crippen LogP contribution in [0.15, 0.2) is 22.5 Å². The minimum atomic E-state index is -1.04. The fourth-order valence-electron chi connectivity index (χ4n) is 0.755. The number of carboxylic acid groups (broad SMARTS) is 1. The molecule has 0 fully saturated rings. The lowest BCUT2D eigenvalue weighted by Gasteiger charge is -2.20. The molecule has 5 heteroatoms. The Kier molecular flexibility index (Phi) is 2.19. The number of allylic oxidation sites excluding steroid dienone is 2. The number of nitrogens with zero attached hydrogens (tertiary/aromatic N) is 1. The van der Waals surface area contributed by atoms with Crippen LogP contribution in [0.3, 0.4) is 0 Å². The number of hydrogen-bond donors (Lipinski definition) is 2. The Bertz CT molecular complexity index is 247. The molecule has 1 aliphatic heterocycles. The Hall–Kier alpha value is -0.970. The van der Waals surface area contributed by atoms with Gasteiger partial charge in [0, 0.05) is 6.54 Å². The van der Waals surface area contributed by atoms with Crippen molar-refractivity contribution in [1.29, 1.82) is 0 Å². The van der Waals surface area contributed by atoms with Gasteiger partial charge < -0.3 is 10.8 Å². The maximum Gasteiger partial charge on any atom is 0.413 e. The fraction of sp³-hybridized carbons (Fsp3) is 0.167. The van der Waals surface area contributed by atoms with Gasteiger partial charge >= 0.3 is 6.09 Å². The van der Waals surface area contributed by atoms with Crippen molar-refractivity contribution in [2.45, 2.75) is 0 Å². The van der Waals surface area contributed by atoms with Crippen LogP contribution >= 0.6 is 15.9 Å². The molecule has 0 aromatic heterocycles. The smallest absolute Gasteiger partial charge is 0.413 e. The molecule has 0 spiro atoms. The zero-order valence-electron chi connectivity index (χ0n) is 5.62. The number of nitrogens with two attached hydrogens (primary N) is 1. The maximum atomic E-state index is 10.5. The van der Waals surface area contributed by atoms with Gasteiger partial charge in [0.15, 0.2) is 0 Å². The molecule has 3 N–H and O–H groups in total. The summed E-state index contributed by atoms with van der Waals surface area (Å²) in [6, 6.07) is 0. The number of rotatable bonds is 0. The highest BCUT2D eigenvalue weighted by Crippen LogP contribution is 2.17. The largest absolute Gasteiger partial charge is 0.465 e. The quantitative estimate of drug-likeness (QED) is 0.640. The third kappa shape index (κ3) is 1.54. The number of amides is 1. The van der Waals surface area contributed by atoms with Gasteiger partial charge in [0.05, 0.1) is 4.48 Å². The lowest BCUT2D eigenvalue weighted by Crippen LogP contribution is -2.34. The summed E-state index contributed by atoms with van der Waals surface area (Å²) in [6.45, 7) is 0.316. The fourth-order valence-corrected chi connectivity index (χ4v) is 1.16. The third-order valence-corrected chi connectivity index (χ3v) is 1.99. The van der Waals surface area contributed by atoms with Crippen LogP contribution in [0.4, 0.5) is 4.79 Å². The minimum Gasteiger partial charge on any atom is -0.465 e. The summed E-state index contributed by atoms with van der Waals surface area (Å²) < 4.78 is 0.603. The van der Waals surface area contributed by atoms with Gasteiger partial charge in [-0.1, -0.05) is 6.08 Å². The standard InChI is InChI=1S/C6H7BrN2O2/c7-4-2-1-3-9(5(4)8)6(10)11/h1-2H,3,8H2,(H,10,11). The summed E-state index contributed by atoms with van der Waals surface area (Å²) in [5.74, 6) is 0.236. The van der Waals surface area contributed by atoms with Crippen LogP contribution in [-0.4, -0.2) is 22.6 Å². The summed E-state index contributed by atoms with van der Waals surface area (Å²) in [6.07, 6.45) is 2.41. The van der Waals surface area contributed by atoms with Crippen molar-refractivity contribution in [2.75, 3.05) is 6.54 Å². The van der Waals surface area contributed by atoms with Crippen LogP contribution < -0.4 is 5.73 Å². The Morgan fingerprint density at radius 2 is 2.45 bits per heavy atom. The molecule has 0 bridgehead atoms. The molecule has 0 aliphatic carbocycles. The van der Waals surface area contributed by atoms with E-state index in [2.05, 4.69) is 15.9 Å². The van der Waals surface area contributed by atoms with E-state index in [1.165, 1.54) is 0 Å². The number of carbonyl (C=O) groups is 1. The van der Waals surface area contributed by atoms with Gasteiger partial charge in [-0.05, 0) is 22.0 Å². The highest BCUT2D eigenvalue weighted by molar-refractivity contribution is 9.11. The zero-order valence-corrected chi connectivity index (χ0v) is 7.21. The molecule has 1 heterocycles. The second kappa shape index (κ2) is 2.96. The van der Waals surface area contributed by atoms with Gasteiger partial charge in [0.1, 0.15) is 5.82 Å². The molecule has 4 nitrogen and oxygen atoms in total. The van der Waals surface area contributed by atoms with E-state index in [9.17, 15) is 4.79 Å². The molecule has 0 atom stereocenters. The molecule has 0 saturated heterocycles. The molecule has 0 unspecified atom stereocenters. The van der Waals surface area contributed by atoms with Crippen LogP contribution in [-0.2, 0) is 0 Å². The third-order valence-electron chi connectivity index (χ3n) is 1.32. The second-order valence-corrected chi connectivity index (χ2v) is 2.88. The van der Waals surface area contributed by atoms with Crippen molar-refractivity contribution in [2.24, 2.45) is 5.73 Å². The van der Waals surface area contributed by atoms with E-state index in [0.29, 0.717) is 11.0 Å². The maximum absolute atomic E-state index is 10.5. The topological polar surface area (TPSA) is 66.6 Å². The Balaban J connectivity index is 2.89. The molecule has 1 aliphatic rings. The highest BCUT2D eigenvalue weighted by atomic mass is 79.9. The predicted molar refractivity (Wildman–Crippen MR) is 44.0 cm³/mol. The monoisotopic (exact) mass is 218 g/mol. The normalized spacial score (nSPS) is 17.4. The van der Waals surface area contributed by atoms with Crippen LogP contribution in [0.2, 0.25) is 0 Å². The van der Waals surface area contributed by atoms with Crippen molar-refractivity contribution in [3.05, 3.63) is 22.5 Å². The van der Waals surface area contributed by atoms with Crippen molar-refractivity contribution in [3.63, 3.8) is 0 Å². The van der Waals surface area contributed by atoms with E-state index in [0.717, 1.165) is 4.90 Å². The minimum absolute atomic E-state index is 0.236. The molecular weight excluding hydrogens is 212 g/mol. The van der Waals surface area contributed by atoms with E-state index < -0.39 is 6.09 Å². The van der Waals surface area contributed by atoms with E-state index in [4.69, 9.17) is 10.8 Å². The van der Waals surface area contributed by atoms with E-state index >= 15 is 0 Å². The van der Waals surface area contributed by atoms with Gasteiger partial charge in [-0.2, -0.15) is 0 Å². The molecule has 0 radical (unpaired) electrons. The summed E-state index contributed by atoms with van der Waals surface area (Å²) >= 11 is 3.13. The molecule has 0 aromatic carbocycles. The number of hydrogen-bond acceptors (Lipinski definition) is 2. The predicted octanol–water partition coefficient (Wildman–Crippen LogP) is 1.06. The molecule has 11 heavy (non-hydrogen) atoms. The Morgan fingerprint density at radius 3 is 2.91 bits per heavy atom. The molecule has 1 rings (SSSR count). The zero-order chi connectivity index (χ0) is 8.43. The highest BCUT2D eigenvalue weighted by Gasteiger charge is 2.17. The SMILES string of the molecule is NC1=C(Br)C=CCN1C(=O)O. The molecule has 0 saturated carbocycles.